The minimum Gasteiger partial charge on any atom is -0.495 e. The topological polar surface area (TPSA) is 137 Å². The van der Waals surface area contributed by atoms with Gasteiger partial charge >= 0.3 is 6.18 Å². The predicted molar refractivity (Wildman–Crippen MR) is 160 cm³/mol. The van der Waals surface area contributed by atoms with E-state index in [9.17, 15) is 32.5 Å². The minimum atomic E-state index is -4.79. The number of carbonyl (C=O) groups excluding carboxylic acids is 1. The first-order valence-corrected chi connectivity index (χ1v) is 16.4. The lowest BCUT2D eigenvalue weighted by molar-refractivity contribution is -0.137. The fourth-order valence-electron chi connectivity index (χ4n) is 5.88. The van der Waals surface area contributed by atoms with Crippen molar-refractivity contribution in [3.05, 3.63) is 64.3 Å². The summed E-state index contributed by atoms with van der Waals surface area (Å²) in [4.78, 5) is 32.5. The molecule has 44 heavy (non-hydrogen) atoms. The van der Waals surface area contributed by atoms with E-state index in [1.54, 1.807) is 31.3 Å². The molecule has 2 heterocycles. The van der Waals surface area contributed by atoms with Crippen molar-refractivity contribution < 1.29 is 37.3 Å². The highest BCUT2D eigenvalue weighted by atomic mass is 31.2. The molecule has 2 aliphatic rings. The van der Waals surface area contributed by atoms with Crippen molar-refractivity contribution in [2.75, 3.05) is 31.5 Å². The Labute approximate surface area is 253 Å². The molecule has 1 fully saturated rings. The third-order valence-corrected chi connectivity index (χ3v) is 9.10. The lowest BCUT2D eigenvalue weighted by atomic mass is 9.75. The first kappa shape index (κ1) is 31.7. The zero-order valence-electron chi connectivity index (χ0n) is 24.8. The van der Waals surface area contributed by atoms with E-state index in [2.05, 4.69) is 20.6 Å². The standard InChI is InChI=1S/C30H35F3N5O5P/c1-29(40)11-9-18(10-12-29)19-6-8-23(25-20(19)15-38(2)27(25)39)35-26-21(30(31,32)33)14-34-28(37-26)36-22-7-5-17(13-24(22)43-3)16-44(4,41)42/h5-8,13-14,18,40H,9-12,15-16H2,1-4H3,(H,41,42)(H2,34,35,36,37). The molecule has 236 valence electrons. The molecule has 14 heteroatoms. The lowest BCUT2D eigenvalue weighted by Gasteiger charge is -2.34. The highest BCUT2D eigenvalue weighted by Crippen LogP contribution is 2.44. The Bertz CT molecular complexity index is 1630. The van der Waals surface area contributed by atoms with Gasteiger partial charge in [-0.25, -0.2) is 4.98 Å². The normalized spacial score (nSPS) is 21.5. The average Bonchev–Trinajstić information content (AvgIpc) is 3.23. The summed E-state index contributed by atoms with van der Waals surface area (Å²) in [6, 6.07) is 8.17. The van der Waals surface area contributed by atoms with Gasteiger partial charge in [0.25, 0.3) is 5.91 Å². The molecule has 3 aromatic rings. The van der Waals surface area contributed by atoms with Crippen LogP contribution in [-0.4, -0.2) is 57.2 Å². The van der Waals surface area contributed by atoms with Gasteiger partial charge in [0, 0.05) is 32.6 Å². The Morgan fingerprint density at radius 2 is 1.84 bits per heavy atom. The van der Waals surface area contributed by atoms with E-state index in [1.807, 2.05) is 13.0 Å². The summed E-state index contributed by atoms with van der Waals surface area (Å²) < 4.78 is 59.5. The maximum atomic E-state index is 14.1. The first-order valence-electron chi connectivity index (χ1n) is 14.1. The Hall–Kier alpha value is -3.67. The van der Waals surface area contributed by atoms with Crippen LogP contribution in [0.3, 0.4) is 0 Å². The van der Waals surface area contributed by atoms with Crippen LogP contribution in [0.1, 0.15) is 71.1 Å². The zero-order chi connectivity index (χ0) is 32.0. The van der Waals surface area contributed by atoms with Crippen molar-refractivity contribution in [2.45, 2.75) is 63.0 Å². The van der Waals surface area contributed by atoms with Gasteiger partial charge in [0.2, 0.25) is 13.3 Å². The van der Waals surface area contributed by atoms with Crippen LogP contribution in [0.15, 0.2) is 36.5 Å². The highest BCUT2D eigenvalue weighted by molar-refractivity contribution is 7.56. The summed E-state index contributed by atoms with van der Waals surface area (Å²) in [5.74, 6) is -0.608. The van der Waals surface area contributed by atoms with Crippen molar-refractivity contribution in [2.24, 2.45) is 0 Å². The number of nitrogens with one attached hydrogen (secondary N) is 2. The number of benzene rings is 2. The van der Waals surface area contributed by atoms with Crippen LogP contribution in [0.5, 0.6) is 5.75 Å². The maximum Gasteiger partial charge on any atom is 0.421 e. The van der Waals surface area contributed by atoms with Crippen LogP contribution in [0.2, 0.25) is 0 Å². The number of rotatable bonds is 8. The Kier molecular flexibility index (Phi) is 8.43. The number of fused-ring (bicyclic) bond motifs is 1. The van der Waals surface area contributed by atoms with Crippen molar-refractivity contribution in [1.82, 2.24) is 14.9 Å². The number of nitrogens with zero attached hydrogens (tertiary/aromatic N) is 3. The molecule has 1 aliphatic heterocycles. The van der Waals surface area contributed by atoms with Gasteiger partial charge in [-0.1, -0.05) is 12.1 Å². The number of carbonyl (C=O) groups is 1. The molecule has 10 nitrogen and oxygen atoms in total. The fourth-order valence-corrected chi connectivity index (χ4v) is 6.76. The Balaban J connectivity index is 1.49. The number of alkyl halides is 3. The van der Waals surface area contributed by atoms with E-state index in [4.69, 9.17) is 4.74 Å². The van der Waals surface area contributed by atoms with Gasteiger partial charge in [-0.3, -0.25) is 9.36 Å². The fraction of sp³-hybridized carbons (Fsp3) is 0.433. The zero-order valence-corrected chi connectivity index (χ0v) is 25.7. The summed E-state index contributed by atoms with van der Waals surface area (Å²) in [6.45, 7) is 3.38. The second kappa shape index (κ2) is 11.7. The summed E-state index contributed by atoms with van der Waals surface area (Å²) in [5.41, 5.74) is 1.27. The van der Waals surface area contributed by atoms with Crippen LogP contribution in [-0.2, 0) is 23.4 Å². The van der Waals surface area contributed by atoms with Crippen molar-refractivity contribution >= 4 is 36.4 Å². The van der Waals surface area contributed by atoms with Gasteiger partial charge in [0.15, 0.2) is 0 Å². The molecule has 0 radical (unpaired) electrons. The highest BCUT2D eigenvalue weighted by Gasteiger charge is 2.38. The largest absolute Gasteiger partial charge is 0.495 e. The maximum absolute atomic E-state index is 14.1. The number of amides is 1. The van der Waals surface area contributed by atoms with E-state index < -0.39 is 30.5 Å². The van der Waals surface area contributed by atoms with Gasteiger partial charge in [0.1, 0.15) is 17.1 Å². The summed E-state index contributed by atoms with van der Waals surface area (Å²) in [5, 5.41) is 16.0. The van der Waals surface area contributed by atoms with Gasteiger partial charge in [-0.2, -0.15) is 18.2 Å². The molecule has 1 atom stereocenters. The Morgan fingerprint density at radius 1 is 1.16 bits per heavy atom. The number of hydrogen-bond acceptors (Lipinski definition) is 8. The molecular formula is C30H35F3N5O5P. The van der Waals surface area contributed by atoms with Crippen molar-refractivity contribution in [3.63, 3.8) is 0 Å². The average molecular weight is 634 g/mol. The summed E-state index contributed by atoms with van der Waals surface area (Å²) in [7, 11) is -0.306. The lowest BCUT2D eigenvalue weighted by Crippen LogP contribution is -2.29. The van der Waals surface area contributed by atoms with Crippen LogP contribution < -0.4 is 15.4 Å². The molecule has 0 saturated heterocycles. The molecular weight excluding hydrogens is 598 g/mol. The molecule has 1 aliphatic carbocycles. The van der Waals surface area contributed by atoms with Crippen molar-refractivity contribution in [3.8, 4) is 5.75 Å². The number of aromatic nitrogens is 2. The van der Waals surface area contributed by atoms with E-state index >= 15 is 0 Å². The van der Waals surface area contributed by atoms with E-state index in [0.717, 1.165) is 24.0 Å². The van der Waals surface area contributed by atoms with Crippen LogP contribution in [0.25, 0.3) is 0 Å². The molecule has 2 aromatic carbocycles. The van der Waals surface area contributed by atoms with Gasteiger partial charge < -0.3 is 30.3 Å². The van der Waals surface area contributed by atoms with Gasteiger partial charge in [-0.15, -0.1) is 0 Å². The number of aliphatic hydroxyl groups is 1. The molecule has 0 bridgehead atoms. The number of ether oxygens (including phenoxy) is 1. The monoisotopic (exact) mass is 633 g/mol. The van der Waals surface area contributed by atoms with E-state index in [-0.39, 0.29) is 35.4 Å². The second-order valence-corrected chi connectivity index (χ2v) is 14.4. The smallest absolute Gasteiger partial charge is 0.421 e. The minimum absolute atomic E-state index is 0.0763. The molecule has 4 N–H and O–H groups in total. The van der Waals surface area contributed by atoms with Crippen LogP contribution in [0.4, 0.5) is 36.3 Å². The number of methoxy groups -OCH3 is 1. The molecule has 1 aromatic heterocycles. The van der Waals surface area contributed by atoms with Crippen molar-refractivity contribution in [1.29, 1.82) is 0 Å². The third-order valence-electron chi connectivity index (χ3n) is 8.14. The van der Waals surface area contributed by atoms with Crippen LogP contribution >= 0.6 is 7.37 Å². The number of hydrogen-bond donors (Lipinski definition) is 4. The SMILES string of the molecule is COc1cc(CP(C)(=O)O)ccc1Nc1ncc(C(F)(F)F)c(Nc2ccc(C3CCC(C)(O)CC3)c3c2C(=O)N(C)C3)n1. The molecule has 1 saturated carbocycles. The van der Waals surface area contributed by atoms with E-state index in [1.165, 1.54) is 18.7 Å². The number of halogens is 3. The Morgan fingerprint density at radius 3 is 2.48 bits per heavy atom. The van der Waals surface area contributed by atoms with Gasteiger partial charge in [0.05, 0.1) is 29.6 Å². The van der Waals surface area contributed by atoms with E-state index in [0.29, 0.717) is 42.4 Å². The third kappa shape index (κ3) is 6.85. The molecule has 1 amide bonds. The summed E-state index contributed by atoms with van der Waals surface area (Å²) in [6.07, 6.45) is -1.48. The van der Waals surface area contributed by atoms with Crippen LogP contribution in [0, 0.1) is 0 Å². The van der Waals surface area contributed by atoms with Gasteiger partial charge in [-0.05, 0) is 73.4 Å². The molecule has 5 rings (SSSR count). The number of anilines is 4. The quantitative estimate of drug-likeness (QED) is 0.208. The molecule has 0 spiro atoms. The summed E-state index contributed by atoms with van der Waals surface area (Å²) >= 11 is 0. The predicted octanol–water partition coefficient (Wildman–Crippen LogP) is 6.39. The second-order valence-electron chi connectivity index (χ2n) is 11.9. The first-order chi connectivity index (χ1) is 20.5. The molecule has 1 unspecified atom stereocenters.